The summed E-state index contributed by atoms with van der Waals surface area (Å²) in [6.07, 6.45) is 1.24. The van der Waals surface area contributed by atoms with E-state index >= 15 is 0 Å². The number of hydrogen-bond acceptors (Lipinski definition) is 7. The van der Waals surface area contributed by atoms with Gasteiger partial charge in [-0.1, -0.05) is 66.7 Å². The molecule has 0 aliphatic heterocycles. The van der Waals surface area contributed by atoms with Crippen molar-refractivity contribution in [2.24, 2.45) is 0 Å². The Balaban J connectivity index is 0.000000956. The second-order valence-electron chi connectivity index (χ2n) is 8.74. The fourth-order valence-corrected chi connectivity index (χ4v) is 5.19. The molecule has 4 aromatic rings. The number of nitrogens with zero attached hydrogens (tertiary/aromatic N) is 2. The number of rotatable bonds is 7. The zero-order valence-electron chi connectivity index (χ0n) is 21.1. The largest absolute Gasteiger partial charge is 1.00 e. The van der Waals surface area contributed by atoms with Gasteiger partial charge in [-0.25, -0.2) is 0 Å². The van der Waals surface area contributed by atoms with E-state index in [0.29, 0.717) is 24.9 Å². The molecule has 1 aliphatic carbocycles. The van der Waals surface area contributed by atoms with Crippen molar-refractivity contribution in [3.63, 3.8) is 0 Å². The molecule has 0 bridgehead atoms. The number of carboxylic acid groups (broad SMARTS) is 2. The summed E-state index contributed by atoms with van der Waals surface area (Å²) in [5, 5.41) is 31.8. The van der Waals surface area contributed by atoms with Crippen LogP contribution in [0.25, 0.3) is 21.6 Å². The van der Waals surface area contributed by atoms with Gasteiger partial charge >= 0.3 is 29.6 Å². The molecule has 0 saturated heterocycles. The Kier molecular flexibility index (Phi) is 9.84. The van der Waals surface area contributed by atoms with Crippen molar-refractivity contribution >= 4 is 29.7 Å². The predicted molar refractivity (Wildman–Crippen MR) is 141 cm³/mol. The number of nitriles is 1. The molecule has 1 aliphatic rings. The van der Waals surface area contributed by atoms with Crippen LogP contribution in [0.15, 0.2) is 72.8 Å². The zero-order valence-corrected chi connectivity index (χ0v) is 23.9. The molecule has 2 N–H and O–H groups in total. The second-order valence-corrected chi connectivity index (χ2v) is 9.51. The van der Waals surface area contributed by atoms with Crippen molar-refractivity contribution in [3.8, 4) is 27.6 Å². The standard InChI is InChI=1S/C28H23N3O2S.CH2O2.Na/c1-18-25(30-17-19-5-3-2-4-6-19)26(34-31-18)24-12-9-21(15-22(24)16-29)20-7-10-23(11-8-20)28(13-14-28)27(32)33;2-1-3;/h2-12,15,30H,13-14,17H2,1H3,(H,32,33);1H,(H,2,3);/q;;+1/p-1. The summed E-state index contributed by atoms with van der Waals surface area (Å²) in [5.74, 6) is -1.01. The maximum absolute atomic E-state index is 11.5. The average molecular weight is 534 g/mol. The SMILES string of the molecule is Cc1nsc(-c2ccc(-c3ccc(C4(C(=O)[O-])CC4)cc3)cc2C#N)c1NCc1ccccc1.O=CO.[Na+]. The molecule has 1 aromatic heterocycles. The van der Waals surface area contributed by atoms with Gasteiger partial charge in [-0.3, -0.25) is 4.79 Å². The third kappa shape index (κ3) is 6.14. The minimum atomic E-state index is -1.01. The first-order chi connectivity index (χ1) is 17.9. The number of aromatic nitrogens is 1. The minimum Gasteiger partial charge on any atom is -0.549 e. The minimum absolute atomic E-state index is 0. The van der Waals surface area contributed by atoms with Crippen LogP contribution in [0.5, 0.6) is 0 Å². The molecule has 0 unspecified atom stereocenters. The number of aryl methyl sites for hydroxylation is 1. The monoisotopic (exact) mass is 533 g/mol. The number of benzene rings is 3. The molecule has 1 fully saturated rings. The van der Waals surface area contributed by atoms with Crippen LogP contribution in [0.1, 0.15) is 35.2 Å². The summed E-state index contributed by atoms with van der Waals surface area (Å²) in [4.78, 5) is 20.8. The Morgan fingerprint density at radius 3 is 2.34 bits per heavy atom. The van der Waals surface area contributed by atoms with E-state index in [9.17, 15) is 15.2 Å². The van der Waals surface area contributed by atoms with Gasteiger partial charge in [0, 0.05) is 17.5 Å². The molecule has 0 amide bonds. The topological polar surface area (TPSA) is 126 Å². The van der Waals surface area contributed by atoms with Gasteiger partial charge in [0.15, 0.2) is 0 Å². The molecule has 38 heavy (non-hydrogen) atoms. The molecule has 0 atom stereocenters. The summed E-state index contributed by atoms with van der Waals surface area (Å²) in [6.45, 7) is 2.39. The van der Waals surface area contributed by atoms with Crippen molar-refractivity contribution in [1.29, 1.82) is 5.26 Å². The first-order valence-corrected chi connectivity index (χ1v) is 12.4. The van der Waals surface area contributed by atoms with Gasteiger partial charge in [0.1, 0.15) is 0 Å². The number of carbonyl (C=O) groups excluding carboxylic acids is 1. The van der Waals surface area contributed by atoms with E-state index in [4.69, 9.17) is 9.90 Å². The van der Waals surface area contributed by atoms with E-state index in [1.807, 2.05) is 67.6 Å². The average Bonchev–Trinajstić information content (AvgIpc) is 3.66. The number of aliphatic carboxylic acids is 1. The Morgan fingerprint density at radius 2 is 1.76 bits per heavy atom. The van der Waals surface area contributed by atoms with E-state index < -0.39 is 11.4 Å². The molecule has 1 heterocycles. The van der Waals surface area contributed by atoms with Gasteiger partial charge < -0.3 is 20.3 Å². The Morgan fingerprint density at radius 1 is 1.13 bits per heavy atom. The van der Waals surface area contributed by atoms with Crippen LogP contribution in [0.4, 0.5) is 5.69 Å². The van der Waals surface area contributed by atoms with Crippen LogP contribution in [0, 0.1) is 18.3 Å². The van der Waals surface area contributed by atoms with E-state index in [-0.39, 0.29) is 36.0 Å². The van der Waals surface area contributed by atoms with E-state index in [0.717, 1.165) is 38.5 Å². The zero-order chi connectivity index (χ0) is 26.4. The Labute approximate surface area is 247 Å². The summed E-state index contributed by atoms with van der Waals surface area (Å²) in [5.41, 5.74) is 6.23. The van der Waals surface area contributed by atoms with Crippen LogP contribution in [-0.4, -0.2) is 21.9 Å². The molecule has 3 aromatic carbocycles. The van der Waals surface area contributed by atoms with Crippen LogP contribution >= 0.6 is 11.5 Å². The summed E-state index contributed by atoms with van der Waals surface area (Å²) < 4.78 is 4.53. The van der Waals surface area contributed by atoms with Crippen LogP contribution < -0.4 is 40.0 Å². The molecule has 1 saturated carbocycles. The summed E-state index contributed by atoms with van der Waals surface area (Å²) in [6, 6.07) is 25.9. The van der Waals surface area contributed by atoms with E-state index in [2.05, 4.69) is 27.9 Å². The molecule has 9 heteroatoms. The third-order valence-electron chi connectivity index (χ3n) is 6.47. The first-order valence-electron chi connectivity index (χ1n) is 11.6. The van der Waals surface area contributed by atoms with Crippen molar-refractivity contribution in [3.05, 3.63) is 95.2 Å². The fraction of sp³-hybridized carbons (Fsp3) is 0.172. The molecular formula is C29H24N3NaO4S. The molecule has 7 nitrogen and oxygen atoms in total. The number of carboxylic acids is 1. The van der Waals surface area contributed by atoms with E-state index in [1.54, 1.807) is 0 Å². The van der Waals surface area contributed by atoms with Gasteiger partial charge in [0.05, 0.1) is 33.9 Å². The number of hydrogen-bond donors (Lipinski definition) is 2. The van der Waals surface area contributed by atoms with Crippen LogP contribution in [0.3, 0.4) is 0 Å². The van der Waals surface area contributed by atoms with Gasteiger partial charge in [0.25, 0.3) is 6.47 Å². The first kappa shape index (κ1) is 29.1. The molecule has 186 valence electrons. The molecule has 0 radical (unpaired) electrons. The number of carbonyl (C=O) groups is 2. The Hall–Kier alpha value is -3.48. The maximum Gasteiger partial charge on any atom is 1.00 e. The van der Waals surface area contributed by atoms with Crippen molar-refractivity contribution in [2.45, 2.75) is 31.7 Å². The van der Waals surface area contributed by atoms with Crippen LogP contribution in [0.2, 0.25) is 0 Å². The van der Waals surface area contributed by atoms with Crippen molar-refractivity contribution in [2.75, 3.05) is 5.32 Å². The quantitative estimate of drug-likeness (QED) is 0.274. The smallest absolute Gasteiger partial charge is 0.549 e. The maximum atomic E-state index is 11.5. The fourth-order valence-electron chi connectivity index (χ4n) is 4.28. The summed E-state index contributed by atoms with van der Waals surface area (Å²) in [7, 11) is 0. The van der Waals surface area contributed by atoms with Gasteiger partial charge in [-0.15, -0.1) is 0 Å². The van der Waals surface area contributed by atoms with Crippen LogP contribution in [-0.2, 0) is 21.5 Å². The third-order valence-corrected chi connectivity index (χ3v) is 7.44. The normalized spacial score (nSPS) is 12.6. The van der Waals surface area contributed by atoms with Gasteiger partial charge in [0.2, 0.25) is 0 Å². The van der Waals surface area contributed by atoms with Gasteiger partial charge in [-0.2, -0.15) is 9.64 Å². The number of anilines is 1. The van der Waals surface area contributed by atoms with Crippen molar-refractivity contribution in [1.82, 2.24) is 4.37 Å². The summed E-state index contributed by atoms with van der Waals surface area (Å²) >= 11 is 1.38. The number of nitrogens with one attached hydrogen (secondary N) is 1. The predicted octanol–water partition coefficient (Wildman–Crippen LogP) is 1.76. The van der Waals surface area contributed by atoms with Crippen molar-refractivity contribution < 1.29 is 49.4 Å². The molecule has 0 spiro atoms. The van der Waals surface area contributed by atoms with E-state index in [1.165, 1.54) is 17.1 Å². The molecular weight excluding hydrogens is 509 g/mol. The van der Waals surface area contributed by atoms with Gasteiger partial charge in [-0.05, 0) is 59.6 Å². The Bertz CT molecular complexity index is 1460. The molecule has 5 rings (SSSR count). The second kappa shape index (κ2) is 12.9.